The zero-order valence-electron chi connectivity index (χ0n) is 13.9. The van der Waals surface area contributed by atoms with Gasteiger partial charge in [-0.3, -0.25) is 4.79 Å². The largest absolute Gasteiger partial charge is 0.496 e. The van der Waals surface area contributed by atoms with Crippen molar-refractivity contribution in [3.05, 3.63) is 63.4 Å². The van der Waals surface area contributed by atoms with Crippen LogP contribution in [0.2, 0.25) is 10.0 Å². The third-order valence-corrected chi connectivity index (χ3v) is 4.36. The maximum Gasteiger partial charge on any atom is 0.234 e. The number of nitrogens with one attached hydrogen (secondary N) is 2. The summed E-state index contributed by atoms with van der Waals surface area (Å²) in [7, 11) is 1.58. The van der Waals surface area contributed by atoms with E-state index < -0.39 is 5.82 Å². The van der Waals surface area contributed by atoms with Crippen LogP contribution in [0.3, 0.4) is 0 Å². The first-order valence-corrected chi connectivity index (χ1v) is 8.44. The van der Waals surface area contributed by atoms with Crippen molar-refractivity contribution in [3.63, 3.8) is 0 Å². The number of benzene rings is 2. The van der Waals surface area contributed by atoms with E-state index in [9.17, 15) is 9.18 Å². The van der Waals surface area contributed by atoms with Crippen LogP contribution >= 0.6 is 23.2 Å². The first kappa shape index (κ1) is 19.5. The Balaban J connectivity index is 1.88. The Morgan fingerprint density at radius 2 is 1.96 bits per heavy atom. The first-order chi connectivity index (χ1) is 11.9. The highest BCUT2D eigenvalue weighted by Crippen LogP contribution is 2.28. The molecule has 2 rings (SSSR count). The highest BCUT2D eigenvalue weighted by molar-refractivity contribution is 6.35. The highest BCUT2D eigenvalue weighted by Gasteiger charge is 2.14. The van der Waals surface area contributed by atoms with Crippen molar-refractivity contribution < 1.29 is 13.9 Å². The number of hydrogen-bond donors (Lipinski definition) is 2. The lowest BCUT2D eigenvalue weighted by Gasteiger charge is -2.16. The van der Waals surface area contributed by atoms with E-state index in [4.69, 9.17) is 27.9 Å². The van der Waals surface area contributed by atoms with E-state index in [1.54, 1.807) is 14.0 Å². The lowest BCUT2D eigenvalue weighted by atomic mass is 10.1. The molecule has 0 aromatic heterocycles. The van der Waals surface area contributed by atoms with E-state index in [0.29, 0.717) is 22.9 Å². The zero-order valence-corrected chi connectivity index (χ0v) is 15.4. The minimum Gasteiger partial charge on any atom is -0.496 e. The average Bonchev–Trinajstić information content (AvgIpc) is 2.61. The topological polar surface area (TPSA) is 50.4 Å². The molecule has 0 aliphatic carbocycles. The minimum absolute atomic E-state index is 0.0319. The van der Waals surface area contributed by atoms with Gasteiger partial charge < -0.3 is 15.4 Å². The molecule has 0 saturated carbocycles. The van der Waals surface area contributed by atoms with Gasteiger partial charge in [-0.05, 0) is 30.7 Å². The van der Waals surface area contributed by atoms with Crippen molar-refractivity contribution in [3.8, 4) is 5.75 Å². The van der Waals surface area contributed by atoms with E-state index in [2.05, 4.69) is 10.6 Å². The van der Waals surface area contributed by atoms with Crippen LogP contribution in [0.25, 0.3) is 0 Å². The van der Waals surface area contributed by atoms with E-state index in [1.165, 1.54) is 12.1 Å². The molecule has 0 spiro atoms. The number of carbonyl (C=O) groups is 1. The lowest BCUT2D eigenvalue weighted by Crippen LogP contribution is -2.34. The predicted molar refractivity (Wildman–Crippen MR) is 97.7 cm³/mol. The molecule has 2 aromatic rings. The van der Waals surface area contributed by atoms with Gasteiger partial charge in [-0.1, -0.05) is 41.4 Å². The summed E-state index contributed by atoms with van der Waals surface area (Å²) in [5.74, 6) is -0.0220. The number of hydrogen-bond acceptors (Lipinski definition) is 3. The monoisotopic (exact) mass is 384 g/mol. The Labute approximate surface area is 156 Å². The average molecular weight is 385 g/mol. The summed E-state index contributed by atoms with van der Waals surface area (Å²) in [5.41, 5.74) is 1.43. The molecule has 0 unspecified atom stereocenters. The fourth-order valence-electron chi connectivity index (χ4n) is 2.33. The third-order valence-electron chi connectivity index (χ3n) is 3.74. The van der Waals surface area contributed by atoms with Crippen LogP contribution in [0.4, 0.5) is 4.39 Å². The van der Waals surface area contributed by atoms with Gasteiger partial charge in [0.1, 0.15) is 11.6 Å². The van der Waals surface area contributed by atoms with E-state index in [1.807, 2.05) is 24.3 Å². The van der Waals surface area contributed by atoms with Crippen LogP contribution in [-0.4, -0.2) is 19.6 Å². The summed E-state index contributed by atoms with van der Waals surface area (Å²) in [6, 6.07) is 9.77. The number of carbonyl (C=O) groups excluding carboxylic acids is 1. The second-order valence-electron chi connectivity index (χ2n) is 5.48. The molecule has 4 nitrogen and oxygen atoms in total. The Morgan fingerprint density at radius 3 is 2.68 bits per heavy atom. The normalized spacial score (nSPS) is 11.9. The maximum atomic E-state index is 13.6. The van der Waals surface area contributed by atoms with Gasteiger partial charge in [0.2, 0.25) is 5.91 Å². The van der Waals surface area contributed by atoms with Crippen LogP contribution in [0.1, 0.15) is 24.1 Å². The quantitative estimate of drug-likeness (QED) is 0.706. The van der Waals surface area contributed by atoms with Gasteiger partial charge in [0, 0.05) is 23.2 Å². The van der Waals surface area contributed by atoms with Crippen LogP contribution in [0.15, 0.2) is 36.4 Å². The van der Waals surface area contributed by atoms with Gasteiger partial charge in [-0.15, -0.1) is 0 Å². The SMILES string of the molecule is COc1ccccc1CNC(=O)CN[C@H](C)c1cc(F)c(Cl)cc1Cl. The molecule has 0 bridgehead atoms. The number of methoxy groups -OCH3 is 1. The Kier molecular flexibility index (Phi) is 7.05. The molecule has 25 heavy (non-hydrogen) atoms. The smallest absolute Gasteiger partial charge is 0.234 e. The molecule has 134 valence electrons. The van der Waals surface area contributed by atoms with Crippen molar-refractivity contribution in [2.45, 2.75) is 19.5 Å². The third kappa shape index (κ3) is 5.33. The summed E-state index contributed by atoms with van der Waals surface area (Å²) in [4.78, 5) is 12.0. The van der Waals surface area contributed by atoms with Crippen molar-refractivity contribution in [1.82, 2.24) is 10.6 Å². The van der Waals surface area contributed by atoms with Crippen LogP contribution in [0.5, 0.6) is 5.75 Å². The molecule has 0 heterocycles. The van der Waals surface area contributed by atoms with Gasteiger partial charge in [-0.2, -0.15) is 0 Å². The molecular weight excluding hydrogens is 366 g/mol. The Hall–Kier alpha value is -1.82. The van der Waals surface area contributed by atoms with Crippen LogP contribution in [0, 0.1) is 5.82 Å². The van der Waals surface area contributed by atoms with Crippen molar-refractivity contribution in [2.75, 3.05) is 13.7 Å². The molecule has 1 atom stereocenters. The zero-order chi connectivity index (χ0) is 18.4. The first-order valence-electron chi connectivity index (χ1n) is 7.68. The molecule has 0 fully saturated rings. The highest BCUT2D eigenvalue weighted by atomic mass is 35.5. The molecule has 7 heteroatoms. The summed E-state index contributed by atoms with van der Waals surface area (Å²) in [6.07, 6.45) is 0. The number of amides is 1. The molecule has 2 N–H and O–H groups in total. The van der Waals surface area contributed by atoms with Gasteiger partial charge >= 0.3 is 0 Å². The van der Waals surface area contributed by atoms with E-state index in [-0.39, 0.29) is 23.5 Å². The van der Waals surface area contributed by atoms with E-state index >= 15 is 0 Å². The maximum absolute atomic E-state index is 13.6. The molecule has 1 amide bonds. The van der Waals surface area contributed by atoms with Crippen molar-refractivity contribution in [1.29, 1.82) is 0 Å². The molecule has 2 aromatic carbocycles. The van der Waals surface area contributed by atoms with Gasteiger partial charge in [0.15, 0.2) is 0 Å². The number of halogens is 3. The van der Waals surface area contributed by atoms with Crippen LogP contribution in [-0.2, 0) is 11.3 Å². The molecule has 0 aliphatic rings. The molecule has 0 saturated heterocycles. The predicted octanol–water partition coefficient (Wildman–Crippen LogP) is 4.11. The summed E-state index contributed by atoms with van der Waals surface area (Å²) >= 11 is 11.8. The second-order valence-corrected chi connectivity index (χ2v) is 6.29. The summed E-state index contributed by atoms with van der Waals surface area (Å²) in [5, 5.41) is 6.14. The summed E-state index contributed by atoms with van der Waals surface area (Å²) in [6.45, 7) is 2.22. The standard InChI is InChI=1S/C18H19Cl2FN2O2/c1-11(13-7-16(21)15(20)8-14(13)19)22-10-18(24)23-9-12-5-3-4-6-17(12)25-2/h3-8,11,22H,9-10H2,1-2H3,(H,23,24)/t11-/m1/s1. The molecule has 0 radical (unpaired) electrons. The number of ether oxygens (including phenoxy) is 1. The Bertz CT molecular complexity index is 756. The fraction of sp³-hybridized carbons (Fsp3) is 0.278. The fourth-order valence-corrected chi connectivity index (χ4v) is 2.88. The lowest BCUT2D eigenvalue weighted by molar-refractivity contribution is -0.120. The number of para-hydroxylation sites is 1. The Morgan fingerprint density at radius 1 is 1.24 bits per heavy atom. The van der Waals surface area contributed by atoms with Crippen LogP contribution < -0.4 is 15.4 Å². The van der Waals surface area contributed by atoms with Crippen molar-refractivity contribution in [2.24, 2.45) is 0 Å². The van der Waals surface area contributed by atoms with Crippen molar-refractivity contribution >= 4 is 29.1 Å². The number of rotatable bonds is 7. The van der Waals surface area contributed by atoms with E-state index in [0.717, 1.165) is 5.56 Å². The summed E-state index contributed by atoms with van der Waals surface area (Å²) < 4.78 is 18.8. The molecular formula is C18H19Cl2FN2O2. The minimum atomic E-state index is -0.546. The second kappa shape index (κ2) is 9.04. The van der Waals surface area contributed by atoms with Gasteiger partial charge in [0.05, 0.1) is 18.7 Å². The molecule has 0 aliphatic heterocycles. The van der Waals surface area contributed by atoms with Gasteiger partial charge in [-0.25, -0.2) is 4.39 Å². The van der Waals surface area contributed by atoms with Gasteiger partial charge in [0.25, 0.3) is 0 Å².